The van der Waals surface area contributed by atoms with Gasteiger partial charge in [0.25, 0.3) is 0 Å². The smallest absolute Gasteiger partial charge is 0.159 e. The second kappa shape index (κ2) is 7.17. The largest absolute Gasteiger partial charge is 0.316 e. The van der Waals surface area contributed by atoms with Crippen LogP contribution < -0.4 is 5.32 Å². The van der Waals surface area contributed by atoms with Crippen LogP contribution in [-0.2, 0) is 0 Å². The van der Waals surface area contributed by atoms with E-state index in [1.807, 2.05) is 13.0 Å². The fraction of sp³-hybridized carbons (Fsp3) is 0.429. The van der Waals surface area contributed by atoms with Crippen LogP contribution in [0.25, 0.3) is 5.57 Å². The maximum Gasteiger partial charge on any atom is 0.159 e. The highest BCUT2D eigenvalue weighted by atomic mass is 19.2. The Hall–Kier alpha value is -1.22. The molecular formula is C14H19F2N. The summed E-state index contributed by atoms with van der Waals surface area (Å²) in [4.78, 5) is 0. The van der Waals surface area contributed by atoms with Crippen LogP contribution >= 0.6 is 0 Å². The summed E-state index contributed by atoms with van der Waals surface area (Å²) in [7, 11) is 0. The molecule has 0 spiro atoms. The van der Waals surface area contributed by atoms with Gasteiger partial charge in [0.15, 0.2) is 11.6 Å². The van der Waals surface area contributed by atoms with Crippen molar-refractivity contribution in [3.8, 4) is 0 Å². The Morgan fingerprint density at radius 3 is 2.65 bits per heavy atom. The van der Waals surface area contributed by atoms with E-state index in [9.17, 15) is 8.78 Å². The first-order chi connectivity index (χ1) is 8.15. The third-order valence-electron chi connectivity index (χ3n) is 2.57. The molecule has 0 aliphatic heterocycles. The highest BCUT2D eigenvalue weighted by Crippen LogP contribution is 2.17. The molecule has 0 aromatic heterocycles. The molecule has 1 aromatic rings. The standard InChI is InChI=1S/C14H19F2N/c1-3-8-17-9-4-5-11(2)12-6-7-13(15)14(16)10-12/h5-7,10,17H,3-4,8-9H2,1-2H3. The van der Waals surface area contributed by atoms with Crippen LogP contribution in [0, 0.1) is 11.6 Å². The zero-order valence-corrected chi connectivity index (χ0v) is 10.4. The molecular weight excluding hydrogens is 220 g/mol. The Kier molecular flexibility index (Phi) is 5.84. The Morgan fingerprint density at radius 2 is 2.00 bits per heavy atom. The maximum absolute atomic E-state index is 13.0. The van der Waals surface area contributed by atoms with Crippen molar-refractivity contribution in [1.82, 2.24) is 5.32 Å². The van der Waals surface area contributed by atoms with Crippen molar-refractivity contribution in [1.29, 1.82) is 0 Å². The van der Waals surface area contributed by atoms with E-state index in [4.69, 9.17) is 0 Å². The predicted octanol–water partition coefficient (Wildman–Crippen LogP) is 3.76. The van der Waals surface area contributed by atoms with Gasteiger partial charge in [-0.05, 0) is 56.1 Å². The van der Waals surface area contributed by atoms with E-state index in [0.29, 0.717) is 0 Å². The number of hydrogen-bond donors (Lipinski definition) is 1. The molecule has 1 aromatic carbocycles. The number of benzene rings is 1. The van der Waals surface area contributed by atoms with Gasteiger partial charge in [-0.15, -0.1) is 0 Å². The van der Waals surface area contributed by atoms with Crippen molar-refractivity contribution < 1.29 is 8.78 Å². The molecule has 17 heavy (non-hydrogen) atoms. The predicted molar refractivity (Wildman–Crippen MR) is 67.8 cm³/mol. The summed E-state index contributed by atoms with van der Waals surface area (Å²) in [5, 5.41) is 3.28. The zero-order chi connectivity index (χ0) is 12.7. The van der Waals surface area contributed by atoms with E-state index in [1.165, 1.54) is 6.07 Å². The molecule has 0 atom stereocenters. The summed E-state index contributed by atoms with van der Waals surface area (Å²) in [6.45, 7) is 5.95. The molecule has 0 saturated carbocycles. The van der Waals surface area contributed by atoms with Gasteiger partial charge >= 0.3 is 0 Å². The van der Waals surface area contributed by atoms with E-state index < -0.39 is 11.6 Å². The zero-order valence-electron chi connectivity index (χ0n) is 10.4. The lowest BCUT2D eigenvalue weighted by molar-refractivity contribution is 0.508. The number of nitrogens with one attached hydrogen (secondary N) is 1. The van der Waals surface area contributed by atoms with Crippen molar-refractivity contribution in [2.45, 2.75) is 26.7 Å². The molecule has 0 unspecified atom stereocenters. The molecule has 0 fully saturated rings. The van der Waals surface area contributed by atoms with E-state index in [0.717, 1.165) is 43.1 Å². The van der Waals surface area contributed by atoms with Crippen LogP contribution in [0.15, 0.2) is 24.3 Å². The maximum atomic E-state index is 13.0. The molecule has 1 rings (SSSR count). The summed E-state index contributed by atoms with van der Waals surface area (Å²) in [5.41, 5.74) is 1.71. The number of halogens is 2. The molecule has 1 N–H and O–H groups in total. The van der Waals surface area contributed by atoms with Crippen LogP contribution in [0.1, 0.15) is 32.3 Å². The second-order valence-corrected chi connectivity index (χ2v) is 4.05. The monoisotopic (exact) mass is 239 g/mol. The second-order valence-electron chi connectivity index (χ2n) is 4.05. The van der Waals surface area contributed by atoms with Gasteiger partial charge in [0, 0.05) is 0 Å². The SMILES string of the molecule is CCCNCCC=C(C)c1ccc(F)c(F)c1. The molecule has 0 saturated heterocycles. The van der Waals surface area contributed by atoms with E-state index in [2.05, 4.69) is 12.2 Å². The van der Waals surface area contributed by atoms with Gasteiger partial charge in [0.05, 0.1) is 0 Å². The van der Waals surface area contributed by atoms with Gasteiger partial charge in [0.2, 0.25) is 0 Å². The number of allylic oxidation sites excluding steroid dienone is 1. The summed E-state index contributed by atoms with van der Waals surface area (Å²) >= 11 is 0. The lowest BCUT2D eigenvalue weighted by Gasteiger charge is -2.03. The lowest BCUT2D eigenvalue weighted by atomic mass is 10.1. The molecule has 3 heteroatoms. The molecule has 0 radical (unpaired) electrons. The summed E-state index contributed by atoms with van der Waals surface area (Å²) in [6, 6.07) is 4.00. The third-order valence-corrected chi connectivity index (χ3v) is 2.57. The number of hydrogen-bond acceptors (Lipinski definition) is 1. The van der Waals surface area contributed by atoms with Crippen LogP contribution in [0.2, 0.25) is 0 Å². The Labute approximate surface area is 102 Å². The van der Waals surface area contributed by atoms with Crippen molar-refractivity contribution in [2.24, 2.45) is 0 Å². The van der Waals surface area contributed by atoms with Gasteiger partial charge in [-0.1, -0.05) is 19.1 Å². The van der Waals surface area contributed by atoms with Gasteiger partial charge in [0.1, 0.15) is 0 Å². The Morgan fingerprint density at radius 1 is 1.24 bits per heavy atom. The lowest BCUT2D eigenvalue weighted by Crippen LogP contribution is -2.15. The minimum absolute atomic E-state index is 0.736. The highest BCUT2D eigenvalue weighted by Gasteiger charge is 2.03. The van der Waals surface area contributed by atoms with Gasteiger partial charge in [-0.3, -0.25) is 0 Å². The third kappa shape index (κ3) is 4.65. The van der Waals surface area contributed by atoms with Gasteiger partial charge < -0.3 is 5.32 Å². The highest BCUT2D eigenvalue weighted by molar-refractivity contribution is 5.63. The van der Waals surface area contributed by atoms with Crippen LogP contribution in [0.5, 0.6) is 0 Å². The molecule has 1 nitrogen and oxygen atoms in total. The Bertz CT molecular complexity index is 386. The van der Waals surface area contributed by atoms with Crippen LogP contribution in [0.4, 0.5) is 8.78 Å². The first-order valence-electron chi connectivity index (χ1n) is 5.98. The van der Waals surface area contributed by atoms with Crippen molar-refractivity contribution in [3.05, 3.63) is 41.5 Å². The minimum atomic E-state index is -0.800. The topological polar surface area (TPSA) is 12.0 Å². The fourth-order valence-corrected chi connectivity index (χ4v) is 1.55. The molecule has 0 aliphatic rings. The molecule has 0 heterocycles. The van der Waals surface area contributed by atoms with Crippen LogP contribution in [-0.4, -0.2) is 13.1 Å². The average molecular weight is 239 g/mol. The quantitative estimate of drug-likeness (QED) is 0.745. The molecule has 94 valence electrons. The average Bonchev–Trinajstić information content (AvgIpc) is 2.32. The normalized spacial score (nSPS) is 11.9. The first-order valence-corrected chi connectivity index (χ1v) is 5.98. The van der Waals surface area contributed by atoms with Crippen LogP contribution in [0.3, 0.4) is 0 Å². The Balaban J connectivity index is 2.53. The fourth-order valence-electron chi connectivity index (χ4n) is 1.55. The molecule has 0 bridgehead atoms. The van der Waals surface area contributed by atoms with Crippen molar-refractivity contribution in [3.63, 3.8) is 0 Å². The molecule has 0 amide bonds. The summed E-state index contributed by atoms with van der Waals surface area (Å²) in [5.74, 6) is -1.59. The number of rotatable bonds is 6. The first kappa shape index (κ1) is 13.8. The van der Waals surface area contributed by atoms with Gasteiger partial charge in [-0.25, -0.2) is 8.78 Å². The van der Waals surface area contributed by atoms with E-state index in [-0.39, 0.29) is 0 Å². The van der Waals surface area contributed by atoms with E-state index in [1.54, 1.807) is 6.07 Å². The molecule has 0 aliphatic carbocycles. The van der Waals surface area contributed by atoms with Crippen molar-refractivity contribution >= 4 is 5.57 Å². The minimum Gasteiger partial charge on any atom is -0.316 e. The van der Waals surface area contributed by atoms with Gasteiger partial charge in [-0.2, -0.15) is 0 Å². The summed E-state index contributed by atoms with van der Waals surface area (Å²) < 4.78 is 25.8. The van der Waals surface area contributed by atoms with Crippen molar-refractivity contribution in [2.75, 3.05) is 13.1 Å². The van der Waals surface area contributed by atoms with E-state index >= 15 is 0 Å². The summed E-state index contributed by atoms with van der Waals surface area (Å²) in [6.07, 6.45) is 4.05.